The highest BCUT2D eigenvalue weighted by molar-refractivity contribution is 8.00. The SMILES string of the molecule is CC(C)CNC(=O)C(C)SCC(O)c1ccccc1. The van der Waals surface area contributed by atoms with Crippen LogP contribution < -0.4 is 5.32 Å². The van der Waals surface area contributed by atoms with Gasteiger partial charge in [0.05, 0.1) is 11.4 Å². The number of nitrogens with one attached hydrogen (secondary N) is 1. The van der Waals surface area contributed by atoms with Crippen LogP contribution in [-0.4, -0.2) is 28.6 Å². The number of amides is 1. The largest absolute Gasteiger partial charge is 0.388 e. The molecule has 0 fully saturated rings. The number of hydrogen-bond acceptors (Lipinski definition) is 3. The molecule has 0 aliphatic carbocycles. The van der Waals surface area contributed by atoms with Crippen LogP contribution in [0.1, 0.15) is 32.4 Å². The van der Waals surface area contributed by atoms with Gasteiger partial charge < -0.3 is 10.4 Å². The molecule has 2 N–H and O–H groups in total. The summed E-state index contributed by atoms with van der Waals surface area (Å²) in [6.45, 7) is 6.71. The van der Waals surface area contributed by atoms with E-state index in [0.717, 1.165) is 5.56 Å². The van der Waals surface area contributed by atoms with Crippen molar-refractivity contribution in [1.29, 1.82) is 0 Å². The molecule has 4 heteroatoms. The first-order valence-electron chi connectivity index (χ1n) is 6.63. The van der Waals surface area contributed by atoms with Gasteiger partial charge in [-0.05, 0) is 18.4 Å². The van der Waals surface area contributed by atoms with E-state index in [4.69, 9.17) is 0 Å². The molecule has 1 rings (SSSR count). The summed E-state index contributed by atoms with van der Waals surface area (Å²) in [7, 11) is 0. The van der Waals surface area contributed by atoms with Crippen molar-refractivity contribution < 1.29 is 9.90 Å². The van der Waals surface area contributed by atoms with E-state index in [0.29, 0.717) is 18.2 Å². The van der Waals surface area contributed by atoms with Gasteiger partial charge in [-0.25, -0.2) is 0 Å². The van der Waals surface area contributed by atoms with Gasteiger partial charge in [-0.3, -0.25) is 4.79 Å². The van der Waals surface area contributed by atoms with Gasteiger partial charge in [-0.1, -0.05) is 44.2 Å². The van der Waals surface area contributed by atoms with Crippen LogP contribution >= 0.6 is 11.8 Å². The van der Waals surface area contributed by atoms with Gasteiger partial charge in [-0.2, -0.15) is 0 Å². The topological polar surface area (TPSA) is 49.3 Å². The van der Waals surface area contributed by atoms with Crippen LogP contribution in [0.15, 0.2) is 30.3 Å². The Balaban J connectivity index is 2.33. The summed E-state index contributed by atoms with van der Waals surface area (Å²) in [6, 6.07) is 9.53. The molecule has 0 radical (unpaired) electrons. The van der Waals surface area contributed by atoms with Crippen molar-refractivity contribution in [2.45, 2.75) is 32.1 Å². The number of rotatable bonds is 7. The Hall–Kier alpha value is -1.00. The molecule has 0 aliphatic heterocycles. The summed E-state index contributed by atoms with van der Waals surface area (Å²) in [5, 5.41) is 12.8. The van der Waals surface area contributed by atoms with Gasteiger partial charge in [0.15, 0.2) is 0 Å². The minimum absolute atomic E-state index is 0.0407. The van der Waals surface area contributed by atoms with Gasteiger partial charge >= 0.3 is 0 Å². The van der Waals surface area contributed by atoms with E-state index in [1.54, 1.807) is 0 Å². The molecule has 1 aromatic rings. The molecule has 2 atom stereocenters. The lowest BCUT2D eigenvalue weighted by Crippen LogP contribution is -2.33. The minimum atomic E-state index is -0.522. The molecular formula is C15H23NO2S. The average Bonchev–Trinajstić information content (AvgIpc) is 2.42. The molecule has 0 aromatic heterocycles. The Morgan fingerprint density at radius 1 is 1.26 bits per heavy atom. The Morgan fingerprint density at radius 2 is 1.89 bits per heavy atom. The predicted octanol–water partition coefficient (Wildman–Crippen LogP) is 2.61. The highest BCUT2D eigenvalue weighted by Crippen LogP contribution is 2.21. The molecule has 0 aliphatic rings. The third kappa shape index (κ3) is 6.12. The van der Waals surface area contributed by atoms with Crippen molar-refractivity contribution in [3.05, 3.63) is 35.9 Å². The maximum atomic E-state index is 11.8. The number of thioether (sulfide) groups is 1. The molecule has 0 spiro atoms. The van der Waals surface area contributed by atoms with Gasteiger partial charge in [0, 0.05) is 12.3 Å². The van der Waals surface area contributed by atoms with Crippen molar-refractivity contribution in [3.8, 4) is 0 Å². The summed E-state index contributed by atoms with van der Waals surface area (Å²) in [5.74, 6) is 1.02. The highest BCUT2D eigenvalue weighted by atomic mass is 32.2. The second kappa shape index (κ2) is 8.23. The van der Waals surface area contributed by atoms with E-state index < -0.39 is 6.10 Å². The van der Waals surface area contributed by atoms with E-state index in [9.17, 15) is 9.90 Å². The molecule has 106 valence electrons. The number of aliphatic hydroxyl groups is 1. The van der Waals surface area contributed by atoms with E-state index >= 15 is 0 Å². The second-order valence-electron chi connectivity index (χ2n) is 5.04. The predicted molar refractivity (Wildman–Crippen MR) is 81.2 cm³/mol. The van der Waals surface area contributed by atoms with Gasteiger partial charge in [0.1, 0.15) is 0 Å². The van der Waals surface area contributed by atoms with Crippen molar-refractivity contribution in [1.82, 2.24) is 5.32 Å². The maximum absolute atomic E-state index is 11.8. The normalized spacial score (nSPS) is 14.2. The van der Waals surface area contributed by atoms with Crippen LogP contribution in [0.3, 0.4) is 0 Å². The monoisotopic (exact) mass is 281 g/mol. The standard InChI is InChI=1S/C15H23NO2S/c1-11(2)9-16-15(18)12(3)19-10-14(17)13-7-5-4-6-8-13/h4-8,11-12,14,17H,9-10H2,1-3H3,(H,16,18). The summed E-state index contributed by atoms with van der Waals surface area (Å²) in [5.41, 5.74) is 0.893. The van der Waals surface area contributed by atoms with Crippen LogP contribution in [-0.2, 0) is 4.79 Å². The van der Waals surface area contributed by atoms with Crippen LogP contribution in [0.2, 0.25) is 0 Å². The van der Waals surface area contributed by atoms with Gasteiger partial charge in [0.2, 0.25) is 5.91 Å². The zero-order valence-electron chi connectivity index (χ0n) is 11.8. The summed E-state index contributed by atoms with van der Waals surface area (Å²) >= 11 is 1.48. The number of hydrogen-bond donors (Lipinski definition) is 2. The third-order valence-electron chi connectivity index (χ3n) is 2.74. The molecule has 0 heterocycles. The van der Waals surface area contributed by atoms with Crippen molar-refractivity contribution in [3.63, 3.8) is 0 Å². The first-order valence-corrected chi connectivity index (χ1v) is 7.68. The fourth-order valence-electron chi connectivity index (χ4n) is 1.53. The summed E-state index contributed by atoms with van der Waals surface area (Å²) < 4.78 is 0. The van der Waals surface area contributed by atoms with Crippen LogP contribution in [0.4, 0.5) is 0 Å². The maximum Gasteiger partial charge on any atom is 0.232 e. The van der Waals surface area contributed by atoms with E-state index in [2.05, 4.69) is 19.2 Å². The fraction of sp³-hybridized carbons (Fsp3) is 0.533. The van der Waals surface area contributed by atoms with E-state index in [1.165, 1.54) is 11.8 Å². The molecule has 1 amide bonds. The highest BCUT2D eigenvalue weighted by Gasteiger charge is 2.16. The zero-order valence-corrected chi connectivity index (χ0v) is 12.6. The summed E-state index contributed by atoms with van der Waals surface area (Å²) in [6.07, 6.45) is -0.522. The lowest BCUT2D eigenvalue weighted by atomic mass is 10.1. The van der Waals surface area contributed by atoms with Gasteiger partial charge in [0.25, 0.3) is 0 Å². The number of benzene rings is 1. The smallest absolute Gasteiger partial charge is 0.232 e. The average molecular weight is 281 g/mol. The Morgan fingerprint density at radius 3 is 2.47 bits per heavy atom. The first-order chi connectivity index (χ1) is 9.00. The molecule has 2 unspecified atom stereocenters. The Bertz CT molecular complexity index is 381. The molecule has 0 bridgehead atoms. The molecular weight excluding hydrogens is 258 g/mol. The lowest BCUT2D eigenvalue weighted by Gasteiger charge is -2.16. The van der Waals surface area contributed by atoms with Crippen molar-refractivity contribution in [2.75, 3.05) is 12.3 Å². The lowest BCUT2D eigenvalue weighted by molar-refractivity contribution is -0.120. The zero-order chi connectivity index (χ0) is 14.3. The number of aliphatic hydroxyl groups excluding tert-OH is 1. The van der Waals surface area contributed by atoms with Gasteiger partial charge in [-0.15, -0.1) is 11.8 Å². The first kappa shape index (κ1) is 16.1. The molecule has 3 nitrogen and oxygen atoms in total. The molecule has 19 heavy (non-hydrogen) atoms. The third-order valence-corrected chi connectivity index (χ3v) is 3.96. The van der Waals surface area contributed by atoms with Crippen LogP contribution in [0.5, 0.6) is 0 Å². The summed E-state index contributed by atoms with van der Waals surface area (Å²) in [4.78, 5) is 11.8. The Kier molecular flexibility index (Phi) is 6.95. The van der Waals surface area contributed by atoms with Crippen LogP contribution in [0.25, 0.3) is 0 Å². The minimum Gasteiger partial charge on any atom is -0.388 e. The molecule has 1 aromatic carbocycles. The Labute approximate surface area is 119 Å². The van der Waals surface area contributed by atoms with E-state index in [-0.39, 0.29) is 11.2 Å². The number of carbonyl (C=O) groups excluding carboxylic acids is 1. The van der Waals surface area contributed by atoms with Crippen molar-refractivity contribution >= 4 is 17.7 Å². The van der Waals surface area contributed by atoms with Crippen LogP contribution in [0, 0.1) is 5.92 Å². The number of carbonyl (C=O) groups is 1. The second-order valence-corrected chi connectivity index (χ2v) is 6.41. The van der Waals surface area contributed by atoms with Crippen molar-refractivity contribution in [2.24, 2.45) is 5.92 Å². The molecule has 0 saturated carbocycles. The molecule has 0 saturated heterocycles. The van der Waals surface area contributed by atoms with E-state index in [1.807, 2.05) is 37.3 Å². The fourth-order valence-corrected chi connectivity index (χ4v) is 2.43. The quantitative estimate of drug-likeness (QED) is 0.807.